The van der Waals surface area contributed by atoms with Gasteiger partial charge in [0.15, 0.2) is 0 Å². The van der Waals surface area contributed by atoms with Crippen molar-refractivity contribution in [3.05, 3.63) is 0 Å². The average molecular weight is 184 g/mol. The Morgan fingerprint density at radius 1 is 1.62 bits per heavy atom. The fourth-order valence-corrected chi connectivity index (χ4v) is 1.55. The molecule has 0 unspecified atom stereocenters. The zero-order valence-corrected chi connectivity index (χ0v) is 8.55. The quantitative estimate of drug-likeness (QED) is 0.719. The number of rotatable bonds is 3. The molecule has 1 aliphatic heterocycles. The first-order chi connectivity index (χ1) is 5.76. The highest BCUT2D eigenvalue weighted by atomic mass is 16.5. The van der Waals surface area contributed by atoms with E-state index < -0.39 is 6.09 Å². The van der Waals surface area contributed by atoms with Crippen LogP contribution >= 0.6 is 0 Å². The Kier molecular flexibility index (Phi) is 2.10. The molecule has 1 amide bonds. The first kappa shape index (κ1) is 10.0. The highest BCUT2D eigenvalue weighted by molar-refractivity contribution is 6.08. The highest BCUT2D eigenvalue weighted by Gasteiger charge is 2.47. The lowest BCUT2D eigenvalue weighted by atomic mass is 9.85. The first-order valence-electron chi connectivity index (χ1n) is 4.29. The molecule has 1 heterocycles. The zero-order chi connectivity index (χ0) is 10.3. The number of hydrogen-bond acceptors (Lipinski definition) is 3. The molecule has 0 fully saturated rings. The number of hydrogen-bond donors (Lipinski definition) is 1. The predicted molar refractivity (Wildman–Crippen MR) is 50.8 cm³/mol. The lowest BCUT2D eigenvalue weighted by Crippen LogP contribution is -2.32. The molecule has 0 atom stereocenters. The van der Waals surface area contributed by atoms with Crippen LogP contribution in [0.15, 0.2) is 4.99 Å². The number of nitrogens with two attached hydrogens (primary N) is 1. The van der Waals surface area contributed by atoms with Gasteiger partial charge in [-0.15, -0.1) is 0 Å². The lowest BCUT2D eigenvalue weighted by molar-refractivity contribution is 0.130. The van der Waals surface area contributed by atoms with Crippen LogP contribution < -0.4 is 5.73 Å². The van der Waals surface area contributed by atoms with Gasteiger partial charge in [0.2, 0.25) is 0 Å². The van der Waals surface area contributed by atoms with Crippen LogP contribution in [0.3, 0.4) is 0 Å². The third-order valence-electron chi connectivity index (χ3n) is 2.14. The molecule has 1 aliphatic rings. The first-order valence-corrected chi connectivity index (χ1v) is 4.29. The summed E-state index contributed by atoms with van der Waals surface area (Å²) in [4.78, 5) is 14.7. The normalized spacial score (nSPS) is 19.2. The van der Waals surface area contributed by atoms with Crippen LogP contribution in [0.25, 0.3) is 0 Å². The molecule has 2 N–H and O–H groups in total. The lowest BCUT2D eigenvalue weighted by Gasteiger charge is -2.21. The van der Waals surface area contributed by atoms with Crippen molar-refractivity contribution in [2.45, 2.75) is 33.2 Å². The summed E-state index contributed by atoms with van der Waals surface area (Å²) in [6.07, 6.45) is -0.730. The summed E-state index contributed by atoms with van der Waals surface area (Å²) < 4.78 is 4.76. The molecule has 0 aliphatic carbocycles. The molecule has 0 bridgehead atoms. The molecule has 13 heavy (non-hydrogen) atoms. The minimum absolute atomic E-state index is 0.0511. The van der Waals surface area contributed by atoms with E-state index in [1.54, 1.807) is 0 Å². The van der Waals surface area contributed by atoms with E-state index in [1.165, 1.54) is 0 Å². The molecule has 0 aromatic rings. The second-order valence-electron chi connectivity index (χ2n) is 4.51. The summed E-state index contributed by atoms with van der Waals surface area (Å²) in [5.74, 6) is 0. The Morgan fingerprint density at radius 2 is 2.08 bits per heavy atom. The van der Waals surface area contributed by atoms with Gasteiger partial charge in [0.25, 0.3) is 0 Å². The number of aliphatic imine (C=N–C) groups is 1. The van der Waals surface area contributed by atoms with Gasteiger partial charge in [-0.25, -0.2) is 4.79 Å². The maximum absolute atomic E-state index is 10.4. The fourth-order valence-electron chi connectivity index (χ4n) is 1.55. The van der Waals surface area contributed by atoms with Gasteiger partial charge >= 0.3 is 6.09 Å². The number of ether oxygens (including phenoxy) is 1. The molecule has 0 aromatic carbocycles. The highest BCUT2D eigenvalue weighted by Crippen LogP contribution is 2.38. The van der Waals surface area contributed by atoms with Gasteiger partial charge < -0.3 is 10.5 Å². The number of primary amides is 1. The van der Waals surface area contributed by atoms with Crippen LogP contribution in [0.4, 0.5) is 4.79 Å². The van der Waals surface area contributed by atoms with Crippen molar-refractivity contribution in [2.75, 3.05) is 6.61 Å². The second-order valence-corrected chi connectivity index (χ2v) is 4.51. The molecule has 4 nitrogen and oxygen atoms in total. The average Bonchev–Trinajstić information content (AvgIpc) is 2.57. The van der Waals surface area contributed by atoms with Gasteiger partial charge in [-0.1, -0.05) is 13.8 Å². The standard InChI is InChI=1S/C9H16N2O2/c1-8(2,5-13-7(10)12)6-9(3,4)11-6/h5H2,1-4H3,(H2,10,12). The van der Waals surface area contributed by atoms with Crippen LogP contribution in [0.5, 0.6) is 0 Å². The van der Waals surface area contributed by atoms with E-state index in [-0.39, 0.29) is 11.0 Å². The molecule has 1 rings (SSSR count). The summed E-state index contributed by atoms with van der Waals surface area (Å²) in [5, 5.41) is 0. The Bertz CT molecular complexity index is 267. The van der Waals surface area contributed by atoms with Crippen LogP contribution in [0, 0.1) is 5.41 Å². The fraction of sp³-hybridized carbons (Fsp3) is 0.778. The van der Waals surface area contributed by atoms with Crippen molar-refractivity contribution in [3.63, 3.8) is 0 Å². The SMILES string of the molecule is CC(C)(COC(N)=O)C1=NC1(C)C. The third kappa shape index (κ3) is 2.20. The van der Waals surface area contributed by atoms with Crippen molar-refractivity contribution in [2.24, 2.45) is 16.1 Å². The summed E-state index contributed by atoms with van der Waals surface area (Å²) in [7, 11) is 0. The zero-order valence-electron chi connectivity index (χ0n) is 8.55. The predicted octanol–water partition coefficient (Wildman–Crippen LogP) is 1.34. The Hall–Kier alpha value is -1.06. The van der Waals surface area contributed by atoms with Crippen LogP contribution in [-0.4, -0.2) is 24.0 Å². The number of carbonyl (C=O) groups is 1. The monoisotopic (exact) mass is 184 g/mol. The molecule has 0 aromatic heterocycles. The van der Waals surface area contributed by atoms with Gasteiger partial charge in [-0.3, -0.25) is 4.99 Å². The van der Waals surface area contributed by atoms with Gasteiger partial charge in [-0.2, -0.15) is 0 Å². The van der Waals surface area contributed by atoms with Crippen molar-refractivity contribution >= 4 is 11.8 Å². The van der Waals surface area contributed by atoms with Gasteiger partial charge in [0.1, 0.15) is 6.61 Å². The van der Waals surface area contributed by atoms with E-state index in [2.05, 4.69) is 4.99 Å². The maximum atomic E-state index is 10.4. The van der Waals surface area contributed by atoms with Crippen LogP contribution in [0.1, 0.15) is 27.7 Å². The summed E-state index contributed by atoms with van der Waals surface area (Å²) in [6.45, 7) is 8.35. The molecule has 0 spiro atoms. The molecule has 0 saturated carbocycles. The smallest absolute Gasteiger partial charge is 0.404 e. The molecular weight excluding hydrogens is 168 g/mol. The molecule has 0 saturated heterocycles. The second kappa shape index (κ2) is 2.72. The van der Waals surface area contributed by atoms with E-state index >= 15 is 0 Å². The molecule has 4 heteroatoms. The van der Waals surface area contributed by atoms with Gasteiger partial charge in [0, 0.05) is 11.1 Å². The van der Waals surface area contributed by atoms with E-state index in [4.69, 9.17) is 10.5 Å². The van der Waals surface area contributed by atoms with E-state index in [1.807, 2.05) is 27.7 Å². The minimum Gasteiger partial charge on any atom is -0.449 e. The third-order valence-corrected chi connectivity index (χ3v) is 2.14. The number of amides is 1. The van der Waals surface area contributed by atoms with E-state index in [0.717, 1.165) is 5.71 Å². The van der Waals surface area contributed by atoms with E-state index in [9.17, 15) is 4.79 Å². The van der Waals surface area contributed by atoms with Crippen LogP contribution in [-0.2, 0) is 4.74 Å². The van der Waals surface area contributed by atoms with Crippen molar-refractivity contribution in [3.8, 4) is 0 Å². The van der Waals surface area contributed by atoms with Crippen LogP contribution in [0.2, 0.25) is 0 Å². The van der Waals surface area contributed by atoms with Crippen molar-refractivity contribution in [1.29, 1.82) is 0 Å². The van der Waals surface area contributed by atoms with Crippen molar-refractivity contribution in [1.82, 2.24) is 0 Å². The largest absolute Gasteiger partial charge is 0.449 e. The van der Waals surface area contributed by atoms with Crippen molar-refractivity contribution < 1.29 is 9.53 Å². The summed E-state index contributed by atoms with van der Waals surface area (Å²) >= 11 is 0. The molecular formula is C9H16N2O2. The summed E-state index contributed by atoms with van der Waals surface area (Å²) in [5.41, 5.74) is 5.72. The molecule has 74 valence electrons. The van der Waals surface area contributed by atoms with Gasteiger partial charge in [-0.05, 0) is 13.8 Å². The topological polar surface area (TPSA) is 64.7 Å². The Balaban J connectivity index is 2.49. The van der Waals surface area contributed by atoms with Gasteiger partial charge in [0.05, 0.1) is 5.54 Å². The Morgan fingerprint density at radius 3 is 2.38 bits per heavy atom. The Labute approximate surface area is 78.2 Å². The molecule has 0 radical (unpaired) electrons. The number of nitrogens with zero attached hydrogens (tertiary/aromatic N) is 1. The van der Waals surface area contributed by atoms with E-state index in [0.29, 0.717) is 6.61 Å². The maximum Gasteiger partial charge on any atom is 0.404 e. The number of carbonyl (C=O) groups excluding carboxylic acids is 1. The minimum atomic E-state index is -0.730. The summed E-state index contributed by atoms with van der Waals surface area (Å²) in [6, 6.07) is 0.